The first kappa shape index (κ1) is 17.1. The Labute approximate surface area is 154 Å². The number of benzene rings is 2. The third kappa shape index (κ3) is 4.90. The molecule has 0 aliphatic carbocycles. The Balaban J connectivity index is 1.50. The highest BCUT2D eigenvalue weighted by molar-refractivity contribution is 7.98. The quantitative estimate of drug-likeness (QED) is 0.496. The third-order valence-corrected chi connectivity index (χ3v) is 5.39. The Morgan fingerprint density at radius 1 is 1.04 bits per heavy atom. The van der Waals surface area contributed by atoms with Gasteiger partial charge >= 0.3 is 0 Å². The predicted molar refractivity (Wildman–Crippen MR) is 100 cm³/mol. The smallest absolute Gasteiger partial charge is 0.140 e. The Kier molecular flexibility index (Phi) is 6.01. The van der Waals surface area contributed by atoms with Crippen LogP contribution in [0.25, 0.3) is 0 Å². The number of ether oxygens (including phenoxy) is 2. The van der Waals surface area contributed by atoms with Crippen molar-refractivity contribution in [3.8, 4) is 11.5 Å². The number of hydrogen-bond donors (Lipinski definition) is 0. The van der Waals surface area contributed by atoms with Crippen molar-refractivity contribution in [2.75, 3.05) is 7.11 Å². The second-order valence-corrected chi connectivity index (χ2v) is 7.37. The zero-order chi connectivity index (χ0) is 16.8. The van der Waals surface area contributed by atoms with E-state index >= 15 is 0 Å². The van der Waals surface area contributed by atoms with E-state index in [1.54, 1.807) is 30.2 Å². The normalized spacial score (nSPS) is 10.6. The van der Waals surface area contributed by atoms with Crippen molar-refractivity contribution in [1.29, 1.82) is 0 Å². The van der Waals surface area contributed by atoms with Gasteiger partial charge in [0.15, 0.2) is 0 Å². The summed E-state index contributed by atoms with van der Waals surface area (Å²) in [6.07, 6.45) is 0. The first-order valence-corrected chi connectivity index (χ1v) is 9.56. The molecular formula is C18H16ClNO2S2. The molecule has 0 radical (unpaired) electrons. The van der Waals surface area contributed by atoms with Crippen LogP contribution in [0, 0.1) is 0 Å². The molecule has 6 heteroatoms. The molecule has 0 aliphatic rings. The molecule has 0 saturated heterocycles. The van der Waals surface area contributed by atoms with Gasteiger partial charge in [-0.1, -0.05) is 11.6 Å². The minimum absolute atomic E-state index is 0.475. The summed E-state index contributed by atoms with van der Waals surface area (Å²) in [4.78, 5) is 5.80. The van der Waals surface area contributed by atoms with E-state index in [4.69, 9.17) is 21.1 Å². The second kappa shape index (κ2) is 8.42. The fourth-order valence-electron chi connectivity index (χ4n) is 1.99. The summed E-state index contributed by atoms with van der Waals surface area (Å²) in [6.45, 7) is 0.475. The molecule has 0 spiro atoms. The summed E-state index contributed by atoms with van der Waals surface area (Å²) < 4.78 is 10.9. The van der Waals surface area contributed by atoms with Crippen molar-refractivity contribution in [3.05, 3.63) is 69.6 Å². The number of nitrogens with zero attached hydrogens (tertiary/aromatic N) is 1. The zero-order valence-corrected chi connectivity index (χ0v) is 15.5. The Morgan fingerprint density at radius 2 is 1.75 bits per heavy atom. The highest BCUT2D eigenvalue weighted by atomic mass is 35.5. The fraction of sp³-hybridized carbons (Fsp3) is 0.167. The van der Waals surface area contributed by atoms with Gasteiger partial charge < -0.3 is 9.47 Å². The van der Waals surface area contributed by atoms with E-state index in [9.17, 15) is 0 Å². The molecule has 3 rings (SSSR count). The van der Waals surface area contributed by atoms with Crippen LogP contribution in [0.1, 0.15) is 10.7 Å². The second-order valence-electron chi connectivity index (χ2n) is 4.94. The Bertz CT molecular complexity index is 772. The van der Waals surface area contributed by atoms with Crippen molar-refractivity contribution in [2.45, 2.75) is 17.3 Å². The Hall–Kier alpha value is -1.69. The highest BCUT2D eigenvalue weighted by Crippen LogP contribution is 2.25. The molecule has 0 amide bonds. The van der Waals surface area contributed by atoms with Gasteiger partial charge in [-0.15, -0.1) is 23.1 Å². The van der Waals surface area contributed by atoms with Gasteiger partial charge in [-0.25, -0.2) is 4.98 Å². The molecule has 1 aromatic heterocycles. The SMILES string of the molecule is COc1ccc(OCc2nc(CSc3ccc(Cl)cc3)cs2)cc1. The van der Waals surface area contributed by atoms with Crippen molar-refractivity contribution in [3.63, 3.8) is 0 Å². The molecule has 3 nitrogen and oxygen atoms in total. The standard InChI is InChI=1S/C18H16ClNO2S2/c1-21-15-4-6-16(7-5-15)22-10-18-20-14(12-24-18)11-23-17-8-2-13(19)3-9-17/h2-9,12H,10-11H2,1H3. The summed E-state index contributed by atoms with van der Waals surface area (Å²) in [5, 5.41) is 3.80. The van der Waals surface area contributed by atoms with E-state index in [0.717, 1.165) is 33.0 Å². The molecule has 124 valence electrons. The molecule has 0 fully saturated rings. The minimum Gasteiger partial charge on any atom is -0.497 e. The van der Waals surface area contributed by atoms with Crippen molar-refractivity contribution < 1.29 is 9.47 Å². The average molecular weight is 378 g/mol. The summed E-state index contributed by atoms with van der Waals surface area (Å²) in [5.41, 5.74) is 1.06. The predicted octanol–water partition coefficient (Wildman–Crippen LogP) is 5.68. The zero-order valence-electron chi connectivity index (χ0n) is 13.1. The molecule has 0 saturated carbocycles. The van der Waals surface area contributed by atoms with Crippen molar-refractivity contribution >= 4 is 34.7 Å². The number of methoxy groups -OCH3 is 1. The van der Waals surface area contributed by atoms with Gasteiger partial charge in [-0.2, -0.15) is 0 Å². The maximum atomic E-state index is 5.89. The van der Waals surface area contributed by atoms with Crippen LogP contribution in [0.4, 0.5) is 0 Å². The topological polar surface area (TPSA) is 31.4 Å². The number of halogens is 1. The molecule has 2 aromatic carbocycles. The van der Waals surface area contributed by atoms with Crippen LogP contribution in [-0.2, 0) is 12.4 Å². The van der Waals surface area contributed by atoms with Crippen LogP contribution in [-0.4, -0.2) is 12.1 Å². The highest BCUT2D eigenvalue weighted by Gasteiger charge is 2.05. The molecule has 0 N–H and O–H groups in total. The maximum absolute atomic E-state index is 5.89. The summed E-state index contributed by atoms with van der Waals surface area (Å²) in [6, 6.07) is 15.4. The fourth-order valence-corrected chi connectivity index (χ4v) is 3.71. The number of hydrogen-bond acceptors (Lipinski definition) is 5. The van der Waals surface area contributed by atoms with E-state index in [1.807, 2.05) is 48.5 Å². The minimum atomic E-state index is 0.475. The molecule has 24 heavy (non-hydrogen) atoms. The third-order valence-electron chi connectivity index (χ3n) is 3.22. The molecule has 0 bridgehead atoms. The Morgan fingerprint density at radius 3 is 2.46 bits per heavy atom. The number of thioether (sulfide) groups is 1. The molecule has 0 aliphatic heterocycles. The molecule has 3 aromatic rings. The first-order chi connectivity index (χ1) is 11.7. The van der Waals surface area contributed by atoms with Gasteiger partial charge in [0, 0.05) is 21.1 Å². The van der Waals surface area contributed by atoms with Gasteiger partial charge in [0.05, 0.1) is 12.8 Å². The monoisotopic (exact) mass is 377 g/mol. The van der Waals surface area contributed by atoms with Crippen LogP contribution >= 0.6 is 34.7 Å². The summed E-state index contributed by atoms with van der Waals surface area (Å²) in [5.74, 6) is 2.46. The number of rotatable bonds is 7. The van der Waals surface area contributed by atoms with E-state index < -0.39 is 0 Å². The van der Waals surface area contributed by atoms with Gasteiger partial charge in [-0.05, 0) is 48.5 Å². The van der Waals surface area contributed by atoms with Crippen LogP contribution < -0.4 is 9.47 Å². The summed E-state index contributed by atoms with van der Waals surface area (Å²) in [7, 11) is 1.65. The number of thiazole rings is 1. The van der Waals surface area contributed by atoms with Crippen molar-refractivity contribution in [2.24, 2.45) is 0 Å². The number of aromatic nitrogens is 1. The lowest BCUT2D eigenvalue weighted by atomic mass is 10.3. The lowest BCUT2D eigenvalue weighted by Crippen LogP contribution is -1.95. The molecule has 1 heterocycles. The van der Waals surface area contributed by atoms with Gasteiger partial charge in [0.25, 0.3) is 0 Å². The first-order valence-electron chi connectivity index (χ1n) is 7.31. The van der Waals surface area contributed by atoms with Crippen LogP contribution in [0.5, 0.6) is 11.5 Å². The van der Waals surface area contributed by atoms with Crippen LogP contribution in [0.3, 0.4) is 0 Å². The van der Waals surface area contributed by atoms with E-state index in [1.165, 1.54) is 4.90 Å². The lowest BCUT2D eigenvalue weighted by Gasteiger charge is -2.05. The van der Waals surface area contributed by atoms with E-state index in [0.29, 0.717) is 6.61 Å². The molecule has 0 unspecified atom stereocenters. The maximum Gasteiger partial charge on any atom is 0.140 e. The van der Waals surface area contributed by atoms with Gasteiger partial charge in [0.2, 0.25) is 0 Å². The average Bonchev–Trinajstić information content (AvgIpc) is 3.08. The van der Waals surface area contributed by atoms with Crippen molar-refractivity contribution in [1.82, 2.24) is 4.98 Å². The van der Waals surface area contributed by atoms with E-state index in [-0.39, 0.29) is 0 Å². The van der Waals surface area contributed by atoms with Gasteiger partial charge in [0.1, 0.15) is 23.1 Å². The summed E-state index contributed by atoms with van der Waals surface area (Å²) >= 11 is 9.26. The van der Waals surface area contributed by atoms with Crippen LogP contribution in [0.15, 0.2) is 58.8 Å². The molecule has 0 atom stereocenters. The van der Waals surface area contributed by atoms with Crippen LogP contribution in [0.2, 0.25) is 5.02 Å². The van der Waals surface area contributed by atoms with Gasteiger partial charge in [-0.3, -0.25) is 0 Å². The largest absolute Gasteiger partial charge is 0.497 e. The van der Waals surface area contributed by atoms with E-state index in [2.05, 4.69) is 10.4 Å². The molecular weight excluding hydrogens is 362 g/mol. The lowest BCUT2D eigenvalue weighted by molar-refractivity contribution is 0.304.